The molecule has 6 nitrogen and oxygen atoms in total. The van der Waals surface area contributed by atoms with Gasteiger partial charge in [0.15, 0.2) is 6.10 Å². The Balaban J connectivity index is 1.64. The second-order valence-electron chi connectivity index (χ2n) is 10.4. The van der Waals surface area contributed by atoms with Crippen molar-refractivity contribution < 1.29 is 29.3 Å². The van der Waals surface area contributed by atoms with Crippen LogP contribution in [0.4, 0.5) is 0 Å². The van der Waals surface area contributed by atoms with Gasteiger partial charge in [-0.25, -0.2) is 9.59 Å². The van der Waals surface area contributed by atoms with Crippen LogP contribution in [0.2, 0.25) is 0 Å². The molecule has 7 heteroatoms. The van der Waals surface area contributed by atoms with Crippen molar-refractivity contribution in [1.29, 1.82) is 0 Å². The summed E-state index contributed by atoms with van der Waals surface area (Å²) < 4.78 is 9.20. The predicted molar refractivity (Wildman–Crippen MR) is 165 cm³/mol. The van der Waals surface area contributed by atoms with Crippen LogP contribution >= 0.6 is 11.8 Å². The molecule has 0 aliphatic rings. The molecule has 2 N–H and O–H groups in total. The second kappa shape index (κ2) is 16.2. The topological polar surface area (TPSA) is 93.1 Å². The van der Waals surface area contributed by atoms with Crippen LogP contribution < -0.4 is 4.74 Å². The van der Waals surface area contributed by atoms with Gasteiger partial charge in [0.2, 0.25) is 0 Å². The molecule has 0 radical (unpaired) electrons. The molecule has 3 aromatic carbocycles. The number of aliphatic carboxylic acids is 1. The fourth-order valence-corrected chi connectivity index (χ4v) is 6.40. The predicted octanol–water partition coefficient (Wildman–Crippen LogP) is 7.20. The number of aliphatic hydroxyl groups is 1. The number of aryl methyl sites for hydroxylation is 2. The number of benzene rings is 3. The van der Waals surface area contributed by atoms with Crippen molar-refractivity contribution >= 4 is 23.7 Å². The number of carboxylic acids is 1. The van der Waals surface area contributed by atoms with Crippen LogP contribution in [-0.2, 0) is 32.9 Å². The molecule has 0 heterocycles. The summed E-state index contributed by atoms with van der Waals surface area (Å²) in [5, 5.41) is 20.8. The first-order valence-electron chi connectivity index (χ1n) is 14.2. The zero-order valence-corrected chi connectivity index (χ0v) is 25.1. The van der Waals surface area contributed by atoms with Gasteiger partial charge < -0.3 is 19.7 Å². The number of ether oxygens (including phenoxy) is 2. The summed E-state index contributed by atoms with van der Waals surface area (Å²) >= 11 is 1.35. The Kier molecular flexibility index (Phi) is 12.8. The fraction of sp³-hybridized carbons (Fsp3) is 0.412. The highest BCUT2D eigenvalue weighted by atomic mass is 32.2. The van der Waals surface area contributed by atoms with Gasteiger partial charge in [-0.05, 0) is 61.4 Å². The Morgan fingerprint density at radius 3 is 2.12 bits per heavy atom. The van der Waals surface area contributed by atoms with E-state index in [0.717, 1.165) is 42.4 Å². The standard InChI is InChI=1S/C34H42O6S/c1-34(31(35)32(36)37,41-24-28-22-21-27(33(38)40-3)23-30(28)39-2)29-20-14-13-19-26(29)18-12-7-5-4-6-9-15-25-16-10-8-11-17-25/h8,10-11,13-14,16-17,19-23,31,35H,4-7,9,12,15,18,24H2,1-3H3,(H,36,37). The Morgan fingerprint density at radius 1 is 0.829 bits per heavy atom. The number of unbranched alkanes of at least 4 members (excludes halogenated alkanes) is 5. The third-order valence-corrected chi connectivity index (χ3v) is 9.05. The van der Waals surface area contributed by atoms with Gasteiger partial charge in [0.05, 0.1) is 24.5 Å². The van der Waals surface area contributed by atoms with Crippen LogP contribution in [-0.4, -0.2) is 42.5 Å². The highest BCUT2D eigenvalue weighted by Crippen LogP contribution is 2.44. The number of aliphatic hydroxyl groups excluding tert-OH is 1. The van der Waals surface area contributed by atoms with E-state index in [1.165, 1.54) is 57.2 Å². The zero-order chi connectivity index (χ0) is 29.7. The molecule has 0 aliphatic heterocycles. The summed E-state index contributed by atoms with van der Waals surface area (Å²) in [6.45, 7) is 1.79. The van der Waals surface area contributed by atoms with Gasteiger partial charge in [0, 0.05) is 11.3 Å². The quantitative estimate of drug-likeness (QED) is 0.129. The van der Waals surface area contributed by atoms with Crippen LogP contribution in [0.5, 0.6) is 5.75 Å². The van der Waals surface area contributed by atoms with Gasteiger partial charge >= 0.3 is 11.9 Å². The molecule has 0 saturated carbocycles. The molecule has 0 saturated heterocycles. The Labute approximate surface area is 248 Å². The Hall–Kier alpha value is -3.29. The maximum atomic E-state index is 12.1. The minimum absolute atomic E-state index is 0.368. The van der Waals surface area contributed by atoms with Crippen LogP contribution in [0.1, 0.15) is 78.1 Å². The molecule has 2 unspecified atom stereocenters. The summed E-state index contributed by atoms with van der Waals surface area (Å²) in [7, 11) is 2.84. The van der Waals surface area contributed by atoms with Gasteiger partial charge in [-0.1, -0.05) is 86.3 Å². The number of carboxylic acid groups (broad SMARTS) is 1. The van der Waals surface area contributed by atoms with E-state index in [1.54, 1.807) is 25.1 Å². The molecule has 0 aliphatic carbocycles. The van der Waals surface area contributed by atoms with E-state index < -0.39 is 22.8 Å². The average molecular weight is 579 g/mol. The average Bonchev–Trinajstić information content (AvgIpc) is 3.00. The molecular weight excluding hydrogens is 536 g/mol. The molecule has 0 fully saturated rings. The molecular formula is C34H42O6S. The minimum atomic E-state index is -1.61. The molecule has 0 aromatic heterocycles. The highest BCUT2D eigenvalue weighted by Gasteiger charge is 2.41. The van der Waals surface area contributed by atoms with Gasteiger partial charge in [0.25, 0.3) is 0 Å². The lowest BCUT2D eigenvalue weighted by Crippen LogP contribution is -2.40. The van der Waals surface area contributed by atoms with Gasteiger partial charge in [0.1, 0.15) is 5.75 Å². The number of hydrogen-bond donors (Lipinski definition) is 2. The monoisotopic (exact) mass is 578 g/mol. The van der Waals surface area contributed by atoms with E-state index in [-0.39, 0.29) is 0 Å². The number of carbonyl (C=O) groups excluding carboxylic acids is 1. The first-order valence-corrected chi connectivity index (χ1v) is 15.2. The Morgan fingerprint density at radius 2 is 1.46 bits per heavy atom. The lowest BCUT2D eigenvalue weighted by Gasteiger charge is -2.34. The SMILES string of the molecule is COC(=O)c1ccc(CSC(C)(c2ccccc2CCCCCCCCc2ccccc2)C(O)C(=O)O)c(OC)c1. The lowest BCUT2D eigenvalue weighted by molar-refractivity contribution is -0.148. The first-order chi connectivity index (χ1) is 19.8. The number of esters is 1. The molecule has 0 bridgehead atoms. The van der Waals surface area contributed by atoms with Crippen molar-refractivity contribution in [2.75, 3.05) is 14.2 Å². The molecule has 2 atom stereocenters. The van der Waals surface area contributed by atoms with Crippen molar-refractivity contribution in [3.63, 3.8) is 0 Å². The van der Waals surface area contributed by atoms with Gasteiger partial charge in [-0.15, -0.1) is 11.8 Å². The second-order valence-corrected chi connectivity index (χ2v) is 11.8. The van der Waals surface area contributed by atoms with Gasteiger partial charge in [-0.3, -0.25) is 0 Å². The molecule has 3 aromatic rings. The smallest absolute Gasteiger partial charge is 0.337 e. The molecule has 220 valence electrons. The summed E-state index contributed by atoms with van der Waals surface area (Å²) in [5.74, 6) is -0.847. The first kappa shape index (κ1) is 32.2. The van der Waals surface area contributed by atoms with Crippen molar-refractivity contribution in [3.05, 3.63) is 101 Å². The summed E-state index contributed by atoms with van der Waals surface area (Å²) in [5.41, 5.74) is 4.43. The third-order valence-electron chi connectivity index (χ3n) is 7.55. The van der Waals surface area contributed by atoms with E-state index in [4.69, 9.17) is 9.47 Å². The third kappa shape index (κ3) is 9.10. The van der Waals surface area contributed by atoms with Crippen LogP contribution in [0.3, 0.4) is 0 Å². The number of thioether (sulfide) groups is 1. The van der Waals surface area contributed by atoms with Crippen LogP contribution in [0, 0.1) is 0 Å². The fourth-order valence-electron chi connectivity index (χ4n) is 5.09. The maximum absolute atomic E-state index is 12.1. The normalized spacial score (nSPS) is 13.3. The molecule has 0 spiro atoms. The number of rotatable bonds is 17. The minimum Gasteiger partial charge on any atom is -0.496 e. The summed E-state index contributed by atoms with van der Waals surface area (Å²) in [6, 6.07) is 23.5. The highest BCUT2D eigenvalue weighted by molar-refractivity contribution is 7.99. The van der Waals surface area contributed by atoms with Crippen LogP contribution in [0.25, 0.3) is 0 Å². The zero-order valence-electron chi connectivity index (χ0n) is 24.3. The molecule has 41 heavy (non-hydrogen) atoms. The lowest BCUT2D eigenvalue weighted by atomic mass is 9.88. The van der Waals surface area contributed by atoms with Crippen LogP contribution in [0.15, 0.2) is 72.8 Å². The largest absolute Gasteiger partial charge is 0.496 e. The summed E-state index contributed by atoms with van der Waals surface area (Å²) in [4.78, 5) is 24.0. The number of methoxy groups -OCH3 is 2. The van der Waals surface area contributed by atoms with E-state index in [2.05, 4.69) is 30.3 Å². The number of hydrogen-bond acceptors (Lipinski definition) is 6. The molecule has 0 amide bonds. The van der Waals surface area contributed by atoms with E-state index >= 15 is 0 Å². The van der Waals surface area contributed by atoms with E-state index in [0.29, 0.717) is 17.1 Å². The van der Waals surface area contributed by atoms with E-state index in [1.807, 2.05) is 24.3 Å². The van der Waals surface area contributed by atoms with Crippen molar-refractivity contribution in [1.82, 2.24) is 0 Å². The van der Waals surface area contributed by atoms with E-state index in [9.17, 15) is 19.8 Å². The maximum Gasteiger partial charge on any atom is 0.337 e. The van der Waals surface area contributed by atoms with Gasteiger partial charge in [-0.2, -0.15) is 0 Å². The number of carbonyl (C=O) groups is 2. The molecule has 3 rings (SSSR count). The summed E-state index contributed by atoms with van der Waals surface area (Å²) in [6.07, 6.45) is 7.23. The van der Waals surface area contributed by atoms with Crippen molar-refractivity contribution in [2.24, 2.45) is 0 Å². The van der Waals surface area contributed by atoms with Crippen molar-refractivity contribution in [2.45, 2.75) is 74.9 Å². The van der Waals surface area contributed by atoms with Crippen molar-refractivity contribution in [3.8, 4) is 5.75 Å². The Bertz CT molecular complexity index is 1260.